The van der Waals surface area contributed by atoms with E-state index in [-0.39, 0.29) is 29.2 Å². The molecule has 4 fully saturated rings. The lowest BCUT2D eigenvalue weighted by Gasteiger charge is -2.50. The zero-order valence-corrected chi connectivity index (χ0v) is 20.8. The van der Waals surface area contributed by atoms with Gasteiger partial charge in [-0.05, 0) is 73.7 Å². The number of nitrogens with zero attached hydrogens (tertiary/aromatic N) is 4. The number of carbonyl (C=O) groups is 5. The molecule has 1 unspecified atom stereocenters. The Morgan fingerprint density at radius 2 is 1.72 bits per heavy atom. The second kappa shape index (κ2) is 7.70. The molecule has 4 heterocycles. The van der Waals surface area contributed by atoms with Crippen molar-refractivity contribution in [2.24, 2.45) is 5.41 Å². The van der Waals surface area contributed by atoms with Gasteiger partial charge in [0.15, 0.2) is 10.5 Å². The summed E-state index contributed by atoms with van der Waals surface area (Å²) < 4.78 is 0. The molecule has 186 valence electrons. The molecular formula is C25H25N5O5S. The van der Waals surface area contributed by atoms with Gasteiger partial charge in [-0.3, -0.25) is 39.2 Å². The number of rotatable bonds is 2. The van der Waals surface area contributed by atoms with E-state index in [2.05, 4.69) is 10.2 Å². The van der Waals surface area contributed by atoms with Gasteiger partial charge in [0, 0.05) is 32.4 Å². The summed E-state index contributed by atoms with van der Waals surface area (Å²) in [5, 5.41) is 2.74. The van der Waals surface area contributed by atoms with E-state index in [4.69, 9.17) is 12.2 Å². The number of anilines is 1. The number of fused-ring (bicyclic) bond motifs is 4. The van der Waals surface area contributed by atoms with Gasteiger partial charge in [0.1, 0.15) is 5.57 Å². The van der Waals surface area contributed by atoms with Crippen molar-refractivity contribution in [2.45, 2.75) is 44.2 Å². The zero-order chi connectivity index (χ0) is 25.5. The summed E-state index contributed by atoms with van der Waals surface area (Å²) in [7, 11) is 2.82. The molecule has 1 atom stereocenters. The zero-order valence-electron chi connectivity index (χ0n) is 19.9. The number of barbiturate groups is 1. The van der Waals surface area contributed by atoms with Crippen LogP contribution in [-0.4, -0.2) is 82.2 Å². The first kappa shape index (κ1) is 22.8. The van der Waals surface area contributed by atoms with E-state index in [1.807, 2.05) is 18.2 Å². The van der Waals surface area contributed by atoms with E-state index in [9.17, 15) is 24.0 Å². The van der Waals surface area contributed by atoms with Crippen LogP contribution in [0, 0.1) is 5.41 Å². The average molecular weight is 508 g/mol. The van der Waals surface area contributed by atoms with E-state index in [1.54, 1.807) is 0 Å². The van der Waals surface area contributed by atoms with Gasteiger partial charge in [0.25, 0.3) is 11.8 Å². The fraction of sp³-hybridized carbons (Fsp3) is 0.440. The summed E-state index contributed by atoms with van der Waals surface area (Å²) in [4.78, 5) is 70.9. The van der Waals surface area contributed by atoms with Crippen molar-refractivity contribution in [1.29, 1.82) is 0 Å². The summed E-state index contributed by atoms with van der Waals surface area (Å²) in [6.07, 6.45) is 4.86. The van der Waals surface area contributed by atoms with Crippen molar-refractivity contribution in [3.63, 3.8) is 0 Å². The van der Waals surface area contributed by atoms with E-state index >= 15 is 0 Å². The summed E-state index contributed by atoms with van der Waals surface area (Å²) in [6.45, 7) is 0.691. The third-order valence-corrected chi connectivity index (χ3v) is 8.31. The third-order valence-electron chi connectivity index (χ3n) is 8.01. The Hall–Kier alpha value is -3.60. The maximum atomic E-state index is 13.5. The molecule has 36 heavy (non-hydrogen) atoms. The third kappa shape index (κ3) is 3.01. The van der Waals surface area contributed by atoms with Crippen molar-refractivity contribution in [3.8, 4) is 0 Å². The van der Waals surface area contributed by atoms with Crippen LogP contribution in [0.15, 0.2) is 23.8 Å². The molecular weight excluding hydrogens is 482 g/mol. The molecule has 1 spiro atoms. The normalized spacial score (nSPS) is 26.7. The minimum Gasteiger partial charge on any atom is -0.367 e. The van der Waals surface area contributed by atoms with E-state index in [1.165, 1.54) is 25.1 Å². The number of nitrogens with one attached hydrogen (secondary N) is 1. The SMILES string of the molecule is CN1C(=O)N(C)C(=O)C2(Cc3cc(/C=C4\C(=O)NC(=S)N(C5CC5)C4=O)ccc3N3CCCC32)C1=O. The highest BCUT2D eigenvalue weighted by molar-refractivity contribution is 7.80. The Bertz CT molecular complexity index is 1290. The molecule has 0 aromatic heterocycles. The molecule has 6 amide bonds. The van der Waals surface area contributed by atoms with E-state index in [0.29, 0.717) is 18.5 Å². The highest BCUT2D eigenvalue weighted by Crippen LogP contribution is 2.49. The number of thiocarbonyl (C=S) groups is 1. The summed E-state index contributed by atoms with van der Waals surface area (Å²) >= 11 is 5.20. The lowest BCUT2D eigenvalue weighted by atomic mass is 9.68. The Labute approximate surface area is 212 Å². The number of hydrogen-bond donors (Lipinski definition) is 1. The van der Waals surface area contributed by atoms with Crippen molar-refractivity contribution >= 4 is 58.8 Å². The maximum absolute atomic E-state index is 13.5. The number of carbonyl (C=O) groups excluding carboxylic acids is 5. The van der Waals surface area contributed by atoms with Crippen molar-refractivity contribution in [3.05, 3.63) is 34.9 Å². The van der Waals surface area contributed by atoms with Gasteiger partial charge in [0.2, 0.25) is 11.8 Å². The first-order valence-electron chi connectivity index (χ1n) is 12.1. The number of urea groups is 1. The number of hydrogen-bond acceptors (Lipinski definition) is 7. The largest absolute Gasteiger partial charge is 0.367 e. The highest BCUT2D eigenvalue weighted by atomic mass is 32.1. The Morgan fingerprint density at radius 3 is 2.39 bits per heavy atom. The molecule has 1 aliphatic carbocycles. The molecule has 1 saturated carbocycles. The van der Waals surface area contributed by atoms with Gasteiger partial charge < -0.3 is 4.90 Å². The Morgan fingerprint density at radius 1 is 1.03 bits per heavy atom. The molecule has 10 nitrogen and oxygen atoms in total. The van der Waals surface area contributed by atoms with Crippen LogP contribution in [0.4, 0.5) is 10.5 Å². The summed E-state index contributed by atoms with van der Waals surface area (Å²) in [5.74, 6) is -1.94. The van der Waals surface area contributed by atoms with Crippen molar-refractivity contribution < 1.29 is 24.0 Å². The fourth-order valence-electron chi connectivity index (χ4n) is 6.13. The first-order valence-corrected chi connectivity index (χ1v) is 12.5. The van der Waals surface area contributed by atoms with Crippen molar-refractivity contribution in [1.82, 2.24) is 20.0 Å². The van der Waals surface area contributed by atoms with Crippen LogP contribution in [-0.2, 0) is 25.6 Å². The predicted molar refractivity (Wildman–Crippen MR) is 132 cm³/mol. The lowest BCUT2D eigenvalue weighted by Crippen LogP contribution is -2.70. The maximum Gasteiger partial charge on any atom is 0.332 e. The summed E-state index contributed by atoms with van der Waals surface area (Å²) in [5.41, 5.74) is 0.888. The van der Waals surface area contributed by atoms with Crippen molar-refractivity contribution in [2.75, 3.05) is 25.5 Å². The quantitative estimate of drug-likeness (QED) is 0.276. The van der Waals surface area contributed by atoms with Crippen LogP contribution in [0.5, 0.6) is 0 Å². The second-order valence-electron chi connectivity index (χ2n) is 10.1. The van der Waals surface area contributed by atoms with Crippen LogP contribution in [0.25, 0.3) is 6.08 Å². The molecule has 1 aromatic rings. The number of imide groups is 2. The standard InChI is InChI=1S/C25H25N5O5S/c1-27-21(33)25(22(34)28(2)24(27)35)12-14-10-13(5-8-17(14)29-9-3-4-18(25)29)11-16-19(31)26-23(36)30(20(16)32)15-6-7-15/h5,8,10-11,15,18H,3-4,6-7,9,12H2,1-2H3,(H,26,31,36)/b16-11+. The lowest BCUT2D eigenvalue weighted by molar-refractivity contribution is -0.159. The average Bonchev–Trinajstić information content (AvgIpc) is 3.56. The van der Waals surface area contributed by atoms with Crippen LogP contribution >= 0.6 is 12.2 Å². The minimum absolute atomic E-state index is 0.00472. The van der Waals surface area contributed by atoms with Gasteiger partial charge in [-0.15, -0.1) is 0 Å². The van der Waals surface area contributed by atoms with Crippen LogP contribution in [0.1, 0.15) is 36.8 Å². The van der Waals surface area contributed by atoms with E-state index < -0.39 is 35.1 Å². The fourth-order valence-corrected chi connectivity index (χ4v) is 6.45. The summed E-state index contributed by atoms with van der Waals surface area (Å²) in [6, 6.07) is 4.61. The smallest absolute Gasteiger partial charge is 0.332 e. The Balaban J connectivity index is 1.42. The highest BCUT2D eigenvalue weighted by Gasteiger charge is 2.63. The second-order valence-corrected chi connectivity index (χ2v) is 10.5. The van der Waals surface area contributed by atoms with E-state index in [0.717, 1.165) is 40.3 Å². The molecule has 6 rings (SSSR count). The van der Waals surface area contributed by atoms with Gasteiger partial charge in [-0.1, -0.05) is 6.07 Å². The van der Waals surface area contributed by atoms with Crippen LogP contribution in [0.2, 0.25) is 0 Å². The van der Waals surface area contributed by atoms with Gasteiger partial charge in [-0.2, -0.15) is 0 Å². The van der Waals surface area contributed by atoms with Gasteiger partial charge >= 0.3 is 6.03 Å². The number of amides is 6. The van der Waals surface area contributed by atoms with Crippen LogP contribution in [0.3, 0.4) is 0 Å². The molecule has 4 aliphatic heterocycles. The Kier molecular flexibility index (Phi) is 4.88. The molecule has 5 aliphatic rings. The predicted octanol–water partition coefficient (Wildman–Crippen LogP) is 1.04. The molecule has 1 aromatic carbocycles. The first-order chi connectivity index (χ1) is 17.1. The molecule has 1 N–H and O–H groups in total. The molecule has 0 radical (unpaired) electrons. The van der Waals surface area contributed by atoms with Gasteiger partial charge in [-0.25, -0.2) is 4.79 Å². The topological polar surface area (TPSA) is 110 Å². The molecule has 11 heteroatoms. The monoisotopic (exact) mass is 507 g/mol. The van der Waals surface area contributed by atoms with Gasteiger partial charge in [0.05, 0.1) is 6.04 Å². The molecule has 3 saturated heterocycles. The molecule has 0 bridgehead atoms. The minimum atomic E-state index is -1.40. The van der Waals surface area contributed by atoms with Crippen LogP contribution < -0.4 is 10.2 Å². The number of benzene rings is 1.